The molecule has 152 valence electrons. The number of benzene rings is 1. The number of carbonyl (C=O) groups excluding carboxylic acids is 2. The zero-order valence-corrected chi connectivity index (χ0v) is 18.1. The number of carbonyl (C=O) groups is 2. The van der Waals surface area contributed by atoms with E-state index in [4.69, 9.17) is 14.0 Å². The summed E-state index contributed by atoms with van der Waals surface area (Å²) in [5.74, 6) is -0.323. The van der Waals surface area contributed by atoms with Crippen molar-refractivity contribution in [2.45, 2.75) is 84.7 Å². The van der Waals surface area contributed by atoms with Crippen molar-refractivity contribution in [1.82, 2.24) is 4.90 Å². The first-order valence-corrected chi connectivity index (χ1v) is 9.83. The summed E-state index contributed by atoms with van der Waals surface area (Å²) < 4.78 is 17.7. The summed E-state index contributed by atoms with van der Waals surface area (Å²) in [6, 6.07) is 5.16. The number of nitrogens with zero attached hydrogens (tertiary/aromatic N) is 1. The zero-order chi connectivity index (χ0) is 21.1. The molecule has 0 unspecified atom stereocenters. The zero-order valence-electron chi connectivity index (χ0n) is 18.1. The minimum atomic E-state index is -0.668. The molecule has 0 aliphatic carbocycles. The molecule has 1 atom stereocenters. The van der Waals surface area contributed by atoms with Crippen LogP contribution in [0.4, 0.5) is 4.79 Å². The summed E-state index contributed by atoms with van der Waals surface area (Å²) in [4.78, 5) is 26.8. The van der Waals surface area contributed by atoms with Crippen LogP contribution in [0.1, 0.15) is 83.8 Å². The van der Waals surface area contributed by atoms with E-state index < -0.39 is 30.0 Å². The van der Waals surface area contributed by atoms with Crippen molar-refractivity contribution in [3.05, 3.63) is 29.3 Å². The van der Waals surface area contributed by atoms with Gasteiger partial charge in [0.05, 0.1) is 17.2 Å². The van der Waals surface area contributed by atoms with Crippen LogP contribution in [0.3, 0.4) is 0 Å². The maximum Gasteiger partial charge on any atom is 0.494 e. The van der Waals surface area contributed by atoms with Crippen LogP contribution in [0.15, 0.2) is 18.2 Å². The smallest absolute Gasteiger partial charge is 0.443 e. The van der Waals surface area contributed by atoms with Crippen molar-refractivity contribution >= 4 is 24.6 Å². The van der Waals surface area contributed by atoms with E-state index in [1.54, 1.807) is 26.8 Å². The van der Waals surface area contributed by atoms with Gasteiger partial charge in [0.25, 0.3) is 5.91 Å². The normalized spacial score (nSPS) is 23.1. The molecular formula is C21H30BNO5. The van der Waals surface area contributed by atoms with Crippen molar-refractivity contribution in [3.8, 4) is 0 Å². The number of ether oxygens (including phenoxy) is 1. The molecule has 0 N–H and O–H groups in total. The molecule has 28 heavy (non-hydrogen) atoms. The van der Waals surface area contributed by atoms with Gasteiger partial charge in [-0.15, -0.1) is 0 Å². The standard InChI is InChI=1S/C21H30BNO5/c1-9-16-15-12-13(22-27-20(5,6)21(7,8)28-22)10-11-14(15)17(24)23(16)18(25)26-19(2,3)4/h10-12,16H,9H2,1-8H3/t16-/m1/s1. The molecule has 2 amide bonds. The van der Waals surface area contributed by atoms with Gasteiger partial charge in [0.2, 0.25) is 0 Å². The first-order valence-electron chi connectivity index (χ1n) is 9.83. The predicted octanol–water partition coefficient (Wildman–Crippen LogP) is 3.83. The fourth-order valence-corrected chi connectivity index (χ4v) is 3.51. The monoisotopic (exact) mass is 387 g/mol. The number of fused-ring (bicyclic) bond motifs is 1. The molecule has 1 aromatic rings. The van der Waals surface area contributed by atoms with Crippen LogP contribution in [0.2, 0.25) is 0 Å². The molecule has 1 aromatic carbocycles. The highest BCUT2D eigenvalue weighted by atomic mass is 16.7. The second-order valence-corrected chi connectivity index (χ2v) is 9.51. The van der Waals surface area contributed by atoms with Gasteiger partial charge < -0.3 is 14.0 Å². The van der Waals surface area contributed by atoms with E-state index in [0.29, 0.717) is 12.0 Å². The highest BCUT2D eigenvalue weighted by molar-refractivity contribution is 6.62. The second kappa shape index (κ2) is 6.60. The van der Waals surface area contributed by atoms with E-state index in [9.17, 15) is 9.59 Å². The fourth-order valence-electron chi connectivity index (χ4n) is 3.51. The van der Waals surface area contributed by atoms with Gasteiger partial charge in [0.1, 0.15) is 5.60 Å². The van der Waals surface area contributed by atoms with Crippen LogP contribution < -0.4 is 5.46 Å². The summed E-state index contributed by atoms with van der Waals surface area (Å²) in [5.41, 5.74) is 0.620. The maximum absolute atomic E-state index is 12.9. The Balaban J connectivity index is 1.93. The minimum Gasteiger partial charge on any atom is -0.443 e. The third-order valence-corrected chi connectivity index (χ3v) is 5.70. The Morgan fingerprint density at radius 1 is 1.18 bits per heavy atom. The average molecular weight is 387 g/mol. The Morgan fingerprint density at radius 3 is 2.25 bits per heavy atom. The largest absolute Gasteiger partial charge is 0.494 e. The molecule has 0 spiro atoms. The van der Waals surface area contributed by atoms with Crippen molar-refractivity contribution in [1.29, 1.82) is 0 Å². The summed E-state index contributed by atoms with van der Waals surface area (Å²) in [5, 5.41) is 0. The fraction of sp³-hybridized carbons (Fsp3) is 0.619. The number of amides is 2. The third-order valence-electron chi connectivity index (χ3n) is 5.70. The number of imide groups is 1. The molecule has 2 aliphatic heterocycles. The van der Waals surface area contributed by atoms with Crippen LogP contribution >= 0.6 is 0 Å². The van der Waals surface area contributed by atoms with E-state index in [1.165, 1.54) is 4.90 Å². The Bertz CT molecular complexity index is 796. The van der Waals surface area contributed by atoms with Gasteiger partial charge >= 0.3 is 13.2 Å². The summed E-state index contributed by atoms with van der Waals surface area (Å²) in [6.07, 6.45) is -0.0112. The molecule has 3 rings (SSSR count). The van der Waals surface area contributed by atoms with Crippen molar-refractivity contribution in [2.75, 3.05) is 0 Å². The van der Waals surface area contributed by atoms with Crippen LogP contribution in [-0.2, 0) is 14.0 Å². The van der Waals surface area contributed by atoms with E-state index in [-0.39, 0.29) is 11.9 Å². The lowest BCUT2D eigenvalue weighted by Crippen LogP contribution is -2.41. The highest BCUT2D eigenvalue weighted by Gasteiger charge is 2.52. The molecule has 0 aromatic heterocycles. The van der Waals surface area contributed by atoms with Crippen molar-refractivity contribution in [2.24, 2.45) is 0 Å². The summed E-state index contributed by atoms with van der Waals surface area (Å²) in [6.45, 7) is 15.3. The lowest BCUT2D eigenvalue weighted by atomic mass is 9.77. The minimum absolute atomic E-state index is 0.323. The first-order chi connectivity index (χ1) is 12.8. The Kier molecular flexibility index (Phi) is 4.92. The molecule has 2 aliphatic rings. The van der Waals surface area contributed by atoms with Gasteiger partial charge in [-0.1, -0.05) is 19.1 Å². The number of rotatable bonds is 2. The van der Waals surface area contributed by atoms with Gasteiger partial charge in [0, 0.05) is 5.56 Å². The SMILES string of the molecule is CC[C@@H]1c2cc(B3OC(C)(C)C(C)(C)O3)ccc2C(=O)N1C(=O)OC(C)(C)C. The molecule has 6 nitrogen and oxygen atoms in total. The lowest BCUT2D eigenvalue weighted by Gasteiger charge is -2.32. The summed E-state index contributed by atoms with van der Waals surface area (Å²) in [7, 11) is -0.515. The molecular weight excluding hydrogens is 357 g/mol. The van der Waals surface area contributed by atoms with E-state index >= 15 is 0 Å². The van der Waals surface area contributed by atoms with E-state index in [0.717, 1.165) is 11.0 Å². The molecule has 0 radical (unpaired) electrons. The van der Waals surface area contributed by atoms with Crippen LogP contribution in [0.25, 0.3) is 0 Å². The average Bonchev–Trinajstić information content (AvgIpc) is 2.95. The Morgan fingerprint density at radius 2 is 1.75 bits per heavy atom. The van der Waals surface area contributed by atoms with Gasteiger partial charge in [-0.25, -0.2) is 9.69 Å². The van der Waals surface area contributed by atoms with Gasteiger partial charge in [-0.05, 0) is 72.0 Å². The molecule has 1 fully saturated rings. The quantitative estimate of drug-likeness (QED) is 0.722. The molecule has 7 heteroatoms. The van der Waals surface area contributed by atoms with E-state index in [2.05, 4.69) is 0 Å². The van der Waals surface area contributed by atoms with Gasteiger partial charge in [-0.2, -0.15) is 0 Å². The highest BCUT2D eigenvalue weighted by Crippen LogP contribution is 2.39. The molecule has 1 saturated heterocycles. The van der Waals surface area contributed by atoms with Gasteiger partial charge in [-0.3, -0.25) is 4.79 Å². The molecule has 0 saturated carbocycles. The molecule has 2 heterocycles. The van der Waals surface area contributed by atoms with Crippen LogP contribution in [0, 0.1) is 0 Å². The van der Waals surface area contributed by atoms with E-state index in [1.807, 2.05) is 46.8 Å². The van der Waals surface area contributed by atoms with Crippen molar-refractivity contribution < 1.29 is 23.6 Å². The maximum atomic E-state index is 12.9. The van der Waals surface area contributed by atoms with Crippen LogP contribution in [0.5, 0.6) is 0 Å². The molecule has 0 bridgehead atoms. The van der Waals surface area contributed by atoms with Crippen LogP contribution in [-0.4, -0.2) is 40.8 Å². The van der Waals surface area contributed by atoms with Crippen molar-refractivity contribution in [3.63, 3.8) is 0 Å². The predicted molar refractivity (Wildman–Crippen MR) is 108 cm³/mol. The number of hydrogen-bond acceptors (Lipinski definition) is 5. The lowest BCUT2D eigenvalue weighted by molar-refractivity contribution is 0.00578. The summed E-state index contributed by atoms with van der Waals surface area (Å²) >= 11 is 0. The second-order valence-electron chi connectivity index (χ2n) is 9.51. The number of hydrogen-bond donors (Lipinski definition) is 0. The van der Waals surface area contributed by atoms with Gasteiger partial charge in [0.15, 0.2) is 0 Å². The third kappa shape index (κ3) is 3.46. The Hall–Kier alpha value is -1.86. The Labute approximate surface area is 167 Å². The topological polar surface area (TPSA) is 65.1 Å². The first kappa shape index (κ1) is 20.9.